The SMILES string of the molecule is NC(=O)c1cccc2onc(-c3ccccc3CNC(=O)Nc3cccc(Cl)c3)c12. The molecule has 3 aromatic carbocycles. The number of aromatic nitrogens is 1. The molecule has 4 aromatic rings. The Hall–Kier alpha value is -3.84. The number of halogens is 1. The molecular weight excluding hydrogens is 404 g/mol. The van der Waals surface area contributed by atoms with E-state index in [2.05, 4.69) is 15.8 Å². The average molecular weight is 421 g/mol. The van der Waals surface area contributed by atoms with Crippen molar-refractivity contribution in [2.24, 2.45) is 5.73 Å². The fourth-order valence-corrected chi connectivity index (χ4v) is 3.39. The summed E-state index contributed by atoms with van der Waals surface area (Å²) in [6.45, 7) is 0.232. The van der Waals surface area contributed by atoms with Gasteiger partial charge < -0.3 is 20.9 Å². The maximum absolute atomic E-state index is 12.3. The van der Waals surface area contributed by atoms with Gasteiger partial charge >= 0.3 is 6.03 Å². The van der Waals surface area contributed by atoms with Crippen molar-refractivity contribution >= 4 is 40.2 Å². The van der Waals surface area contributed by atoms with Gasteiger partial charge in [-0.05, 0) is 35.9 Å². The lowest BCUT2D eigenvalue weighted by molar-refractivity contribution is 0.100. The Morgan fingerprint density at radius 2 is 1.83 bits per heavy atom. The molecule has 0 aliphatic heterocycles. The fourth-order valence-electron chi connectivity index (χ4n) is 3.20. The zero-order valence-electron chi connectivity index (χ0n) is 15.7. The third-order valence-electron chi connectivity index (χ3n) is 4.56. The lowest BCUT2D eigenvalue weighted by atomic mass is 9.99. The summed E-state index contributed by atoms with van der Waals surface area (Å²) in [5, 5.41) is 10.8. The standard InChI is InChI=1S/C22H17ClN4O3/c23-14-6-3-7-15(11-14)26-22(29)25-12-13-5-1-2-8-16(13)20-19-17(21(24)28)9-4-10-18(19)30-27-20/h1-11H,12H2,(H2,24,28)(H2,25,26,29). The van der Waals surface area contributed by atoms with Gasteiger partial charge in [0.15, 0.2) is 5.58 Å². The monoisotopic (exact) mass is 420 g/mol. The molecule has 0 radical (unpaired) electrons. The molecule has 0 saturated carbocycles. The van der Waals surface area contributed by atoms with Gasteiger partial charge in [-0.25, -0.2) is 4.79 Å². The Morgan fingerprint density at radius 3 is 2.63 bits per heavy atom. The molecular formula is C22H17ClN4O3. The Bertz CT molecular complexity index is 1250. The zero-order chi connectivity index (χ0) is 21.1. The van der Waals surface area contributed by atoms with Crippen molar-refractivity contribution < 1.29 is 14.1 Å². The van der Waals surface area contributed by atoms with Crippen LogP contribution in [0.1, 0.15) is 15.9 Å². The number of urea groups is 1. The van der Waals surface area contributed by atoms with Gasteiger partial charge in [0.1, 0.15) is 5.69 Å². The van der Waals surface area contributed by atoms with E-state index in [4.69, 9.17) is 21.9 Å². The van der Waals surface area contributed by atoms with Gasteiger partial charge in [0.2, 0.25) is 5.91 Å². The van der Waals surface area contributed by atoms with Crippen LogP contribution in [0.4, 0.5) is 10.5 Å². The molecule has 0 bridgehead atoms. The Labute approximate surface area is 176 Å². The molecule has 1 aromatic heterocycles. The Morgan fingerprint density at radius 1 is 1.03 bits per heavy atom. The van der Waals surface area contributed by atoms with Gasteiger partial charge in [-0.2, -0.15) is 0 Å². The molecule has 150 valence electrons. The quantitative estimate of drug-likeness (QED) is 0.439. The highest BCUT2D eigenvalue weighted by Crippen LogP contribution is 2.32. The molecule has 0 spiro atoms. The van der Waals surface area contributed by atoms with Gasteiger partial charge in [-0.15, -0.1) is 0 Å². The number of nitrogens with two attached hydrogens (primary N) is 1. The summed E-state index contributed by atoms with van der Waals surface area (Å²) in [4.78, 5) is 24.2. The molecule has 0 aliphatic rings. The number of amides is 3. The van der Waals surface area contributed by atoms with Crippen LogP contribution in [0.5, 0.6) is 0 Å². The molecule has 1 heterocycles. The van der Waals surface area contributed by atoms with Crippen molar-refractivity contribution in [1.29, 1.82) is 0 Å². The first-order valence-corrected chi connectivity index (χ1v) is 9.47. The van der Waals surface area contributed by atoms with Gasteiger partial charge in [0, 0.05) is 22.8 Å². The van der Waals surface area contributed by atoms with E-state index in [9.17, 15) is 9.59 Å². The number of hydrogen-bond donors (Lipinski definition) is 3. The summed E-state index contributed by atoms with van der Waals surface area (Å²) in [6, 6.07) is 18.9. The lowest BCUT2D eigenvalue weighted by Gasteiger charge is -2.11. The van der Waals surface area contributed by atoms with Gasteiger partial charge in [0.25, 0.3) is 0 Å². The molecule has 7 nitrogen and oxygen atoms in total. The van der Waals surface area contributed by atoms with E-state index in [1.165, 1.54) is 0 Å². The van der Waals surface area contributed by atoms with Crippen molar-refractivity contribution in [2.75, 3.05) is 5.32 Å². The molecule has 0 unspecified atom stereocenters. The molecule has 8 heteroatoms. The van der Waals surface area contributed by atoms with Crippen molar-refractivity contribution in [3.8, 4) is 11.3 Å². The number of primary amides is 1. The molecule has 30 heavy (non-hydrogen) atoms. The van der Waals surface area contributed by atoms with E-state index in [1.54, 1.807) is 42.5 Å². The summed E-state index contributed by atoms with van der Waals surface area (Å²) in [5.74, 6) is -0.568. The van der Waals surface area contributed by atoms with E-state index in [0.29, 0.717) is 32.9 Å². The molecule has 3 amide bonds. The summed E-state index contributed by atoms with van der Waals surface area (Å²) in [5.41, 5.74) is 8.92. The van der Waals surface area contributed by atoms with E-state index in [1.807, 2.05) is 24.3 Å². The summed E-state index contributed by atoms with van der Waals surface area (Å²) >= 11 is 5.94. The van der Waals surface area contributed by atoms with Crippen LogP contribution in [0, 0.1) is 0 Å². The first-order chi connectivity index (χ1) is 14.5. The maximum Gasteiger partial charge on any atom is 0.319 e. The fraction of sp³-hybridized carbons (Fsp3) is 0.0455. The number of fused-ring (bicyclic) bond motifs is 1. The predicted octanol–water partition coefficient (Wildman–Crippen LogP) is 4.57. The van der Waals surface area contributed by atoms with Gasteiger partial charge in [-0.3, -0.25) is 4.79 Å². The summed E-state index contributed by atoms with van der Waals surface area (Å²) in [6.07, 6.45) is 0. The summed E-state index contributed by atoms with van der Waals surface area (Å²) < 4.78 is 5.40. The number of nitrogens with zero attached hydrogens (tertiary/aromatic N) is 1. The van der Waals surface area contributed by atoms with Crippen LogP contribution < -0.4 is 16.4 Å². The minimum absolute atomic E-state index is 0.232. The van der Waals surface area contributed by atoms with E-state index in [-0.39, 0.29) is 12.6 Å². The van der Waals surface area contributed by atoms with E-state index in [0.717, 1.165) is 11.1 Å². The number of rotatable bonds is 5. The smallest absolute Gasteiger partial charge is 0.319 e. The minimum atomic E-state index is -0.568. The zero-order valence-corrected chi connectivity index (χ0v) is 16.4. The second kappa shape index (κ2) is 8.26. The van der Waals surface area contributed by atoms with Crippen LogP contribution in [0.15, 0.2) is 71.3 Å². The van der Waals surface area contributed by atoms with Crippen molar-refractivity contribution in [2.45, 2.75) is 6.54 Å². The highest BCUT2D eigenvalue weighted by Gasteiger charge is 2.19. The molecule has 4 rings (SSSR count). The largest absolute Gasteiger partial charge is 0.366 e. The highest BCUT2D eigenvalue weighted by molar-refractivity contribution is 6.30. The van der Waals surface area contributed by atoms with Crippen LogP contribution >= 0.6 is 11.6 Å². The number of nitrogens with one attached hydrogen (secondary N) is 2. The third-order valence-corrected chi connectivity index (χ3v) is 4.79. The maximum atomic E-state index is 12.3. The van der Waals surface area contributed by atoms with Crippen molar-refractivity contribution in [1.82, 2.24) is 10.5 Å². The molecule has 0 saturated heterocycles. The summed E-state index contributed by atoms with van der Waals surface area (Å²) in [7, 11) is 0. The van der Waals surface area contributed by atoms with Crippen LogP contribution in [-0.2, 0) is 6.54 Å². The number of anilines is 1. The molecule has 0 aliphatic carbocycles. The number of carbonyl (C=O) groups is 2. The normalized spacial score (nSPS) is 10.7. The van der Waals surface area contributed by atoms with E-state index < -0.39 is 5.91 Å². The minimum Gasteiger partial charge on any atom is -0.366 e. The van der Waals surface area contributed by atoms with Gasteiger partial charge in [-0.1, -0.05) is 53.2 Å². The highest BCUT2D eigenvalue weighted by atomic mass is 35.5. The number of hydrogen-bond acceptors (Lipinski definition) is 4. The first-order valence-electron chi connectivity index (χ1n) is 9.10. The molecule has 0 atom stereocenters. The van der Waals surface area contributed by atoms with Crippen LogP contribution in [-0.4, -0.2) is 17.1 Å². The molecule has 4 N–H and O–H groups in total. The van der Waals surface area contributed by atoms with Crippen LogP contribution in [0.3, 0.4) is 0 Å². The molecule has 0 fully saturated rings. The Kier molecular flexibility index (Phi) is 5.36. The topological polar surface area (TPSA) is 110 Å². The van der Waals surface area contributed by atoms with E-state index >= 15 is 0 Å². The van der Waals surface area contributed by atoms with Crippen molar-refractivity contribution in [3.05, 3.63) is 82.9 Å². The predicted molar refractivity (Wildman–Crippen MR) is 115 cm³/mol. The third kappa shape index (κ3) is 3.97. The number of carbonyl (C=O) groups excluding carboxylic acids is 2. The van der Waals surface area contributed by atoms with Crippen LogP contribution in [0.25, 0.3) is 22.2 Å². The number of benzene rings is 3. The Balaban J connectivity index is 1.60. The first kappa shape index (κ1) is 19.5. The van der Waals surface area contributed by atoms with Crippen LogP contribution in [0.2, 0.25) is 5.02 Å². The van der Waals surface area contributed by atoms with Gasteiger partial charge in [0.05, 0.1) is 10.9 Å². The van der Waals surface area contributed by atoms with Crippen molar-refractivity contribution in [3.63, 3.8) is 0 Å². The average Bonchev–Trinajstić information content (AvgIpc) is 3.16. The second-order valence-electron chi connectivity index (χ2n) is 6.55. The second-order valence-corrected chi connectivity index (χ2v) is 6.99. The lowest BCUT2D eigenvalue weighted by Crippen LogP contribution is -2.28.